The summed E-state index contributed by atoms with van der Waals surface area (Å²) >= 11 is 0. The van der Waals surface area contributed by atoms with Gasteiger partial charge in [0.05, 0.1) is 0 Å². The van der Waals surface area contributed by atoms with Crippen molar-refractivity contribution in [2.75, 3.05) is 50.5 Å². The second kappa shape index (κ2) is 8.17. The van der Waals surface area contributed by atoms with Gasteiger partial charge < -0.3 is 15.1 Å². The van der Waals surface area contributed by atoms with Crippen LogP contribution in [0, 0.1) is 19.8 Å². The fourth-order valence-electron chi connectivity index (χ4n) is 2.31. The largest absolute Gasteiger partial charge is 0.370 e. The zero-order valence-electron chi connectivity index (χ0n) is 14.7. The van der Waals surface area contributed by atoms with E-state index in [9.17, 15) is 0 Å². The molecule has 0 bridgehead atoms. The summed E-state index contributed by atoms with van der Waals surface area (Å²) in [6.45, 7) is 14.5. The first kappa shape index (κ1) is 17.7. The molecule has 0 radical (unpaired) electrons. The zero-order chi connectivity index (χ0) is 16.0. The minimum Gasteiger partial charge on any atom is -0.370 e. The third kappa shape index (κ3) is 5.50. The normalized spacial score (nSPS) is 11.3. The average molecular weight is 293 g/mol. The van der Waals surface area contributed by atoms with Gasteiger partial charge in [-0.15, -0.1) is 0 Å². The summed E-state index contributed by atoms with van der Waals surface area (Å²) in [5.41, 5.74) is 1.14. The van der Waals surface area contributed by atoms with Crippen LogP contribution in [0.2, 0.25) is 0 Å². The van der Waals surface area contributed by atoms with Crippen LogP contribution < -0.4 is 10.2 Å². The van der Waals surface area contributed by atoms with E-state index in [1.54, 1.807) is 0 Å². The van der Waals surface area contributed by atoms with Gasteiger partial charge in [-0.05, 0) is 40.8 Å². The third-order valence-corrected chi connectivity index (χ3v) is 3.28. The molecule has 0 aliphatic heterocycles. The average Bonchev–Trinajstić information content (AvgIpc) is 2.38. The van der Waals surface area contributed by atoms with Crippen LogP contribution in [0.25, 0.3) is 0 Å². The monoisotopic (exact) mass is 293 g/mol. The van der Waals surface area contributed by atoms with E-state index in [0.29, 0.717) is 5.92 Å². The Hall–Kier alpha value is -1.36. The Kier molecular flexibility index (Phi) is 6.89. The fourth-order valence-corrected chi connectivity index (χ4v) is 2.31. The highest BCUT2D eigenvalue weighted by molar-refractivity contribution is 5.58. The minimum absolute atomic E-state index is 0.601. The summed E-state index contributed by atoms with van der Waals surface area (Å²) in [5.74, 6) is 3.45. The van der Waals surface area contributed by atoms with Crippen LogP contribution in [-0.2, 0) is 0 Å². The number of aromatic nitrogens is 2. The van der Waals surface area contributed by atoms with Gasteiger partial charge in [-0.2, -0.15) is 0 Å². The number of nitrogens with zero attached hydrogens (tertiary/aromatic N) is 4. The van der Waals surface area contributed by atoms with Gasteiger partial charge in [0.25, 0.3) is 0 Å². The van der Waals surface area contributed by atoms with Crippen LogP contribution >= 0.6 is 0 Å². The molecule has 0 atom stereocenters. The van der Waals surface area contributed by atoms with Crippen molar-refractivity contribution >= 4 is 11.6 Å². The Morgan fingerprint density at radius 2 is 1.76 bits per heavy atom. The molecule has 0 unspecified atom stereocenters. The molecule has 0 aliphatic rings. The van der Waals surface area contributed by atoms with E-state index in [1.165, 1.54) is 0 Å². The lowest BCUT2D eigenvalue weighted by Gasteiger charge is -2.29. The molecule has 0 amide bonds. The van der Waals surface area contributed by atoms with Crippen molar-refractivity contribution < 1.29 is 0 Å². The first-order chi connectivity index (χ1) is 9.85. The molecule has 0 spiro atoms. The predicted octanol–water partition coefficient (Wildman–Crippen LogP) is 2.55. The summed E-state index contributed by atoms with van der Waals surface area (Å²) in [4.78, 5) is 13.8. The lowest BCUT2D eigenvalue weighted by atomic mass is 10.2. The maximum absolute atomic E-state index is 4.70. The number of hydrogen-bond acceptors (Lipinski definition) is 5. The highest BCUT2D eigenvalue weighted by Crippen LogP contribution is 2.24. The van der Waals surface area contributed by atoms with Crippen molar-refractivity contribution in [1.82, 2.24) is 14.9 Å². The van der Waals surface area contributed by atoms with Gasteiger partial charge in [-0.25, -0.2) is 9.97 Å². The zero-order valence-corrected chi connectivity index (χ0v) is 14.7. The number of aryl methyl sites for hydroxylation is 1. The molecule has 1 N–H and O–H groups in total. The van der Waals surface area contributed by atoms with Gasteiger partial charge in [0.1, 0.15) is 17.5 Å². The number of anilines is 2. The second-order valence-corrected chi connectivity index (χ2v) is 6.24. The van der Waals surface area contributed by atoms with Gasteiger partial charge in [0.15, 0.2) is 0 Å². The molecular weight excluding hydrogens is 262 g/mol. The Morgan fingerprint density at radius 3 is 2.29 bits per heavy atom. The van der Waals surface area contributed by atoms with Crippen LogP contribution in [0.1, 0.15) is 32.2 Å². The van der Waals surface area contributed by atoms with Crippen LogP contribution in [0.15, 0.2) is 0 Å². The smallest absolute Gasteiger partial charge is 0.137 e. The van der Waals surface area contributed by atoms with E-state index in [-0.39, 0.29) is 0 Å². The third-order valence-electron chi connectivity index (χ3n) is 3.28. The fraction of sp³-hybridized carbons (Fsp3) is 0.750. The molecular formula is C16H31N5. The number of rotatable bonds is 8. The SMILES string of the molecule is CCNc1nc(C)nc(N(CCN(C)C)CC(C)C)c1C. The van der Waals surface area contributed by atoms with E-state index in [0.717, 1.165) is 49.2 Å². The van der Waals surface area contributed by atoms with Crippen LogP contribution in [-0.4, -0.2) is 55.1 Å². The lowest BCUT2D eigenvalue weighted by molar-refractivity contribution is 0.408. The number of hydrogen-bond donors (Lipinski definition) is 1. The van der Waals surface area contributed by atoms with Gasteiger partial charge in [-0.1, -0.05) is 13.8 Å². The summed E-state index contributed by atoms with van der Waals surface area (Å²) < 4.78 is 0. The molecule has 0 saturated heterocycles. The van der Waals surface area contributed by atoms with Crippen molar-refractivity contribution in [3.8, 4) is 0 Å². The molecule has 0 aliphatic carbocycles. The molecule has 1 heterocycles. The van der Waals surface area contributed by atoms with Crippen molar-refractivity contribution in [3.63, 3.8) is 0 Å². The molecule has 1 aromatic heterocycles. The Morgan fingerprint density at radius 1 is 1.10 bits per heavy atom. The predicted molar refractivity (Wildman–Crippen MR) is 91.3 cm³/mol. The standard InChI is InChI=1S/C16H31N5/c1-8-17-15-13(4)16(19-14(5)18-15)21(11-12(2)3)10-9-20(6)7/h12H,8-11H2,1-7H3,(H,17,18,19). The van der Waals surface area contributed by atoms with Crippen LogP contribution in [0.4, 0.5) is 11.6 Å². The molecule has 0 saturated carbocycles. The summed E-state index contributed by atoms with van der Waals surface area (Å²) in [6, 6.07) is 0. The van der Waals surface area contributed by atoms with Crippen molar-refractivity contribution in [3.05, 3.63) is 11.4 Å². The first-order valence-corrected chi connectivity index (χ1v) is 7.83. The lowest BCUT2D eigenvalue weighted by Crippen LogP contribution is -2.35. The van der Waals surface area contributed by atoms with E-state index in [1.807, 2.05) is 6.92 Å². The van der Waals surface area contributed by atoms with Gasteiger partial charge in [0, 0.05) is 31.7 Å². The molecule has 5 heteroatoms. The van der Waals surface area contributed by atoms with E-state index < -0.39 is 0 Å². The molecule has 120 valence electrons. The minimum atomic E-state index is 0.601. The van der Waals surface area contributed by atoms with Crippen molar-refractivity contribution in [1.29, 1.82) is 0 Å². The maximum Gasteiger partial charge on any atom is 0.137 e. The molecule has 5 nitrogen and oxygen atoms in total. The van der Waals surface area contributed by atoms with Crippen molar-refractivity contribution in [2.45, 2.75) is 34.6 Å². The number of likely N-dealkylation sites (N-methyl/N-ethyl adjacent to an activating group) is 1. The topological polar surface area (TPSA) is 44.3 Å². The summed E-state index contributed by atoms with van der Waals surface area (Å²) in [6.07, 6.45) is 0. The Labute approximate surface area is 129 Å². The second-order valence-electron chi connectivity index (χ2n) is 6.24. The maximum atomic E-state index is 4.70. The highest BCUT2D eigenvalue weighted by atomic mass is 15.2. The van der Waals surface area contributed by atoms with Gasteiger partial charge in [-0.3, -0.25) is 0 Å². The van der Waals surface area contributed by atoms with Gasteiger partial charge in [0.2, 0.25) is 0 Å². The molecule has 1 aromatic rings. The molecule has 0 fully saturated rings. The van der Waals surface area contributed by atoms with Crippen LogP contribution in [0.3, 0.4) is 0 Å². The summed E-state index contributed by atoms with van der Waals surface area (Å²) in [5, 5.41) is 3.34. The summed E-state index contributed by atoms with van der Waals surface area (Å²) in [7, 11) is 4.21. The highest BCUT2D eigenvalue weighted by Gasteiger charge is 2.16. The molecule has 1 rings (SSSR count). The quantitative estimate of drug-likeness (QED) is 0.798. The van der Waals surface area contributed by atoms with E-state index in [4.69, 9.17) is 4.98 Å². The van der Waals surface area contributed by atoms with Crippen molar-refractivity contribution in [2.24, 2.45) is 5.92 Å². The first-order valence-electron chi connectivity index (χ1n) is 7.83. The van der Waals surface area contributed by atoms with E-state index >= 15 is 0 Å². The number of nitrogens with one attached hydrogen (secondary N) is 1. The van der Waals surface area contributed by atoms with Crippen LogP contribution in [0.5, 0.6) is 0 Å². The van der Waals surface area contributed by atoms with E-state index in [2.05, 4.69) is 61.9 Å². The molecule has 21 heavy (non-hydrogen) atoms. The Balaban J connectivity index is 3.09. The Bertz CT molecular complexity index is 443. The molecule has 0 aromatic carbocycles. The van der Waals surface area contributed by atoms with Gasteiger partial charge >= 0.3 is 0 Å².